The Balaban J connectivity index is 0.915. The summed E-state index contributed by atoms with van der Waals surface area (Å²) in [5, 5.41) is 8.23. The van der Waals surface area contributed by atoms with Crippen molar-refractivity contribution < 1.29 is 0 Å². The molecule has 0 amide bonds. The number of benzene rings is 9. The van der Waals surface area contributed by atoms with Gasteiger partial charge in [0.05, 0.1) is 33.3 Å². The number of hydrogen-bond acceptors (Lipinski definition) is 2. The summed E-state index contributed by atoms with van der Waals surface area (Å²) in [7, 11) is 0. The molecule has 3 aromatic heterocycles. The van der Waals surface area contributed by atoms with Gasteiger partial charge in [0.2, 0.25) is 5.95 Å². The van der Waals surface area contributed by atoms with E-state index in [1.165, 1.54) is 97.7 Å². The Hall–Kier alpha value is -7.82. The van der Waals surface area contributed by atoms with E-state index in [2.05, 4.69) is 203 Å². The van der Waals surface area contributed by atoms with E-state index in [9.17, 15) is 0 Å². The van der Waals surface area contributed by atoms with Crippen molar-refractivity contribution in [3.8, 4) is 45.1 Å². The Kier molecular flexibility index (Phi) is 7.48. The Morgan fingerprint density at radius 3 is 1.91 bits per heavy atom. The third-order valence-corrected chi connectivity index (χ3v) is 17.3. The maximum absolute atomic E-state index is 5.68. The highest BCUT2D eigenvalue weighted by atomic mass is 15.2. The molecule has 0 saturated heterocycles. The molecule has 5 aliphatic carbocycles. The molecule has 4 fully saturated rings. The first kappa shape index (κ1) is 37.3. The first-order chi connectivity index (χ1) is 33.7. The average Bonchev–Trinajstić information content (AvgIpc) is 4.01. The van der Waals surface area contributed by atoms with Gasteiger partial charge in [0.1, 0.15) is 0 Å². The van der Waals surface area contributed by atoms with Crippen LogP contribution in [0.1, 0.15) is 43.2 Å². The molecular formula is C64H46N4. The summed E-state index contributed by atoms with van der Waals surface area (Å²) in [5.74, 6) is 4.02. The van der Waals surface area contributed by atoms with Gasteiger partial charge in [-0.3, -0.25) is 4.57 Å². The van der Waals surface area contributed by atoms with E-state index in [0.29, 0.717) is 5.95 Å². The van der Waals surface area contributed by atoms with Gasteiger partial charge >= 0.3 is 0 Å². The summed E-state index contributed by atoms with van der Waals surface area (Å²) in [6.45, 7) is 0. The zero-order valence-electron chi connectivity index (χ0n) is 37.6. The van der Waals surface area contributed by atoms with Gasteiger partial charge in [-0.25, -0.2) is 9.97 Å². The van der Waals surface area contributed by atoms with E-state index >= 15 is 0 Å². The molecule has 0 N–H and O–H groups in total. The maximum atomic E-state index is 5.68. The molecular weight excluding hydrogens is 825 g/mol. The van der Waals surface area contributed by atoms with Crippen LogP contribution in [-0.4, -0.2) is 19.1 Å². The second-order valence-electron chi connectivity index (χ2n) is 20.5. The zero-order valence-corrected chi connectivity index (χ0v) is 37.6. The Morgan fingerprint density at radius 1 is 0.397 bits per heavy atom. The van der Waals surface area contributed by atoms with Gasteiger partial charge in [0.15, 0.2) is 0 Å². The van der Waals surface area contributed by atoms with Gasteiger partial charge in [-0.2, -0.15) is 0 Å². The third kappa shape index (κ3) is 4.94. The largest absolute Gasteiger partial charge is 0.309 e. The molecule has 0 radical (unpaired) electrons. The molecule has 0 aliphatic heterocycles. The van der Waals surface area contributed by atoms with Crippen molar-refractivity contribution in [3.63, 3.8) is 0 Å². The Labute approximate surface area is 394 Å². The van der Waals surface area contributed by atoms with Gasteiger partial charge in [-0.1, -0.05) is 146 Å². The average molecular weight is 871 g/mol. The van der Waals surface area contributed by atoms with Crippen molar-refractivity contribution in [1.82, 2.24) is 19.1 Å². The molecule has 12 aromatic rings. The lowest BCUT2D eigenvalue weighted by Gasteiger charge is -2.61. The number of aromatic nitrogens is 4. The van der Waals surface area contributed by atoms with E-state index in [-0.39, 0.29) is 5.41 Å². The van der Waals surface area contributed by atoms with Crippen LogP contribution in [0.4, 0.5) is 0 Å². The predicted octanol–water partition coefficient (Wildman–Crippen LogP) is 16.0. The van der Waals surface area contributed by atoms with Crippen molar-refractivity contribution in [2.75, 3.05) is 0 Å². The van der Waals surface area contributed by atoms with Gasteiger partial charge < -0.3 is 4.57 Å². The summed E-state index contributed by atoms with van der Waals surface area (Å²) in [6, 6.07) is 72.2. The van der Waals surface area contributed by atoms with Crippen LogP contribution < -0.4 is 0 Å². The molecule has 68 heavy (non-hydrogen) atoms. The second-order valence-corrected chi connectivity index (χ2v) is 20.5. The molecule has 0 atom stereocenters. The topological polar surface area (TPSA) is 35.6 Å². The van der Waals surface area contributed by atoms with E-state index in [0.717, 1.165) is 62.6 Å². The standard InChI is InChI=1S/C64H46N4/c1-2-13-46(14-3-1)67-58-21-11-8-17-49(58)54-36-43(25-29-59(54)67)61-52-18-7-10-20-57(52)65-63(66-61)68-60-37-42(23-26-50(60)51-27-22-40-12-4-5-15-47(40)62(51)68)41-24-28-56-53(35-41)48-16-6-9-19-55(48)64(56)44-31-38-30-39(33-44)34-45(64)32-38/h1-29,35-39,44-45H,30-34H2. The van der Waals surface area contributed by atoms with Gasteiger partial charge in [-0.15, -0.1) is 0 Å². The summed E-state index contributed by atoms with van der Waals surface area (Å²) in [5.41, 5.74) is 17.4. The molecule has 1 spiro atoms. The fourth-order valence-corrected chi connectivity index (χ4v) is 14.9. The molecule has 4 heteroatoms. The van der Waals surface area contributed by atoms with Crippen LogP contribution in [0.3, 0.4) is 0 Å². The molecule has 5 aliphatic rings. The lowest BCUT2D eigenvalue weighted by molar-refractivity contribution is -0.0399. The second kappa shape index (κ2) is 13.6. The van der Waals surface area contributed by atoms with Gasteiger partial charge in [0, 0.05) is 49.0 Å². The number of hydrogen-bond donors (Lipinski definition) is 0. The maximum Gasteiger partial charge on any atom is 0.235 e. The van der Waals surface area contributed by atoms with Crippen LogP contribution in [0.5, 0.6) is 0 Å². The molecule has 3 heterocycles. The number of para-hydroxylation sites is 3. The van der Waals surface area contributed by atoms with Crippen LogP contribution >= 0.6 is 0 Å². The highest BCUT2D eigenvalue weighted by molar-refractivity contribution is 6.19. The first-order valence-corrected chi connectivity index (χ1v) is 24.7. The number of fused-ring (bicyclic) bond motifs is 12. The van der Waals surface area contributed by atoms with E-state index in [1.54, 1.807) is 11.1 Å². The number of nitrogens with zero attached hydrogens (tertiary/aromatic N) is 4. The summed E-state index contributed by atoms with van der Waals surface area (Å²) in [4.78, 5) is 11.2. The van der Waals surface area contributed by atoms with Crippen LogP contribution in [-0.2, 0) is 5.41 Å². The summed E-state index contributed by atoms with van der Waals surface area (Å²) in [6.07, 6.45) is 7.04. The molecule has 4 bridgehead atoms. The van der Waals surface area contributed by atoms with E-state index in [1.807, 2.05) is 0 Å². The number of rotatable bonds is 4. The normalized spacial score (nSPS) is 21.3. The van der Waals surface area contributed by atoms with Crippen molar-refractivity contribution in [2.24, 2.45) is 23.7 Å². The van der Waals surface area contributed by atoms with Crippen molar-refractivity contribution >= 4 is 65.3 Å². The monoisotopic (exact) mass is 870 g/mol. The first-order valence-electron chi connectivity index (χ1n) is 24.7. The summed E-state index contributed by atoms with van der Waals surface area (Å²) < 4.78 is 4.73. The van der Waals surface area contributed by atoms with Crippen molar-refractivity contribution in [3.05, 3.63) is 205 Å². The molecule has 4 saturated carbocycles. The highest BCUT2D eigenvalue weighted by Gasteiger charge is 2.61. The van der Waals surface area contributed by atoms with Crippen LogP contribution in [0.25, 0.3) is 110 Å². The zero-order chi connectivity index (χ0) is 44.2. The van der Waals surface area contributed by atoms with E-state index < -0.39 is 0 Å². The minimum absolute atomic E-state index is 0.157. The minimum Gasteiger partial charge on any atom is -0.309 e. The van der Waals surface area contributed by atoms with E-state index in [4.69, 9.17) is 9.97 Å². The SMILES string of the molecule is c1ccc(-n2c3ccccc3c3cc(-c4nc(-n5c6cc(-c7ccc8c(c7)-c7ccccc7C87C8CC9CC(C8)CC7C9)ccc6c6ccc7ccccc7c65)nc5ccccc45)ccc32)cc1. The molecule has 322 valence electrons. The summed E-state index contributed by atoms with van der Waals surface area (Å²) >= 11 is 0. The molecule has 4 nitrogen and oxygen atoms in total. The van der Waals surface area contributed by atoms with Gasteiger partial charge in [-0.05, 0) is 143 Å². The van der Waals surface area contributed by atoms with Crippen LogP contribution in [0.15, 0.2) is 194 Å². The lowest BCUT2D eigenvalue weighted by atomic mass is 9.43. The predicted molar refractivity (Wildman–Crippen MR) is 280 cm³/mol. The van der Waals surface area contributed by atoms with Crippen molar-refractivity contribution in [2.45, 2.75) is 37.5 Å². The van der Waals surface area contributed by atoms with Crippen LogP contribution in [0.2, 0.25) is 0 Å². The smallest absolute Gasteiger partial charge is 0.235 e. The Bertz CT molecular complexity index is 4090. The minimum atomic E-state index is 0.157. The van der Waals surface area contributed by atoms with Crippen LogP contribution in [0, 0.1) is 23.7 Å². The molecule has 17 rings (SSSR count). The quantitative estimate of drug-likeness (QED) is 0.177. The Morgan fingerprint density at radius 2 is 1.04 bits per heavy atom. The van der Waals surface area contributed by atoms with Gasteiger partial charge in [0.25, 0.3) is 0 Å². The molecule has 9 aromatic carbocycles. The fourth-order valence-electron chi connectivity index (χ4n) is 14.9. The fraction of sp³-hybridized carbons (Fsp3) is 0.156. The lowest BCUT2D eigenvalue weighted by Crippen LogP contribution is -2.55. The molecule has 0 unspecified atom stereocenters. The highest BCUT2D eigenvalue weighted by Crippen LogP contribution is 2.69. The third-order valence-electron chi connectivity index (χ3n) is 17.3. The van der Waals surface area contributed by atoms with Crippen molar-refractivity contribution in [1.29, 1.82) is 0 Å².